The Morgan fingerprint density at radius 3 is 1.61 bits per heavy atom. The highest BCUT2D eigenvalue weighted by atomic mass is 79.9. The highest BCUT2D eigenvalue weighted by molar-refractivity contribution is 9.09. The molecule has 0 aliphatic rings. The summed E-state index contributed by atoms with van der Waals surface area (Å²) in [7, 11) is 0. The lowest BCUT2D eigenvalue weighted by molar-refractivity contribution is 0.664. The summed E-state index contributed by atoms with van der Waals surface area (Å²) in [5.41, 5.74) is 2.63. The van der Waals surface area contributed by atoms with Crippen molar-refractivity contribution < 1.29 is 0 Å². The number of rotatable bonds is 5. The van der Waals surface area contributed by atoms with E-state index in [0.29, 0.717) is 0 Å². The van der Waals surface area contributed by atoms with Gasteiger partial charge < -0.3 is 0 Å². The molecule has 0 amide bonds. The van der Waals surface area contributed by atoms with E-state index >= 15 is 0 Å². The van der Waals surface area contributed by atoms with Gasteiger partial charge in [0.15, 0.2) is 0 Å². The van der Waals surface area contributed by atoms with Crippen LogP contribution in [-0.4, -0.2) is 5.33 Å². The molecule has 0 unspecified atom stereocenters. The van der Waals surface area contributed by atoms with Crippen LogP contribution in [0.25, 0.3) is 0 Å². The zero-order valence-electron chi connectivity index (χ0n) is 10.2. The van der Waals surface area contributed by atoms with Gasteiger partial charge in [0.1, 0.15) is 0 Å². The Kier molecular flexibility index (Phi) is 5.02. The number of hydrogen-bond acceptors (Lipinski definition) is 0. The van der Waals surface area contributed by atoms with Crippen LogP contribution in [0.4, 0.5) is 0 Å². The molecule has 94 valence electrons. The quantitative estimate of drug-likeness (QED) is 0.612. The lowest BCUT2D eigenvalue weighted by atomic mass is 9.87. The molecule has 0 N–H and O–H groups in total. The molecule has 0 radical (unpaired) electrons. The van der Waals surface area contributed by atoms with Gasteiger partial charge in [0.05, 0.1) is 4.32 Å². The van der Waals surface area contributed by atoms with Crippen molar-refractivity contribution in [2.24, 2.45) is 0 Å². The molecule has 0 heterocycles. The Bertz CT molecular complexity index is 425. The zero-order chi connectivity index (χ0) is 12.8. The fourth-order valence-corrected chi connectivity index (χ4v) is 3.26. The van der Waals surface area contributed by atoms with Crippen molar-refractivity contribution >= 4 is 31.9 Å². The standard InChI is InChI=1S/C16H16Br2/c17-13-7-12-16(18,14-8-3-1-4-9-14)15-10-5-2-6-11-15/h1-6,8-11H,7,12-13H2. The minimum Gasteiger partial charge on any atom is -0.0928 e. The van der Waals surface area contributed by atoms with E-state index in [1.807, 2.05) is 0 Å². The van der Waals surface area contributed by atoms with E-state index < -0.39 is 0 Å². The van der Waals surface area contributed by atoms with E-state index in [2.05, 4.69) is 92.5 Å². The molecule has 0 nitrogen and oxygen atoms in total. The summed E-state index contributed by atoms with van der Waals surface area (Å²) in [6, 6.07) is 21.3. The van der Waals surface area contributed by atoms with Gasteiger partial charge in [-0.25, -0.2) is 0 Å². The second kappa shape index (κ2) is 6.53. The fourth-order valence-electron chi connectivity index (χ4n) is 2.17. The first kappa shape index (κ1) is 13.8. The highest BCUT2D eigenvalue weighted by Crippen LogP contribution is 2.42. The lowest BCUT2D eigenvalue weighted by Crippen LogP contribution is -2.20. The molecule has 0 fully saturated rings. The third kappa shape index (κ3) is 3.04. The molecule has 18 heavy (non-hydrogen) atoms. The van der Waals surface area contributed by atoms with Gasteiger partial charge >= 0.3 is 0 Å². The third-order valence-electron chi connectivity index (χ3n) is 3.12. The maximum Gasteiger partial charge on any atom is 0.0754 e. The predicted molar refractivity (Wildman–Crippen MR) is 85.6 cm³/mol. The second-order valence-corrected chi connectivity index (χ2v) is 6.47. The second-order valence-electron chi connectivity index (χ2n) is 4.33. The van der Waals surface area contributed by atoms with Gasteiger partial charge in [-0.15, -0.1) is 0 Å². The summed E-state index contributed by atoms with van der Waals surface area (Å²) < 4.78 is -0.0801. The summed E-state index contributed by atoms with van der Waals surface area (Å²) in [4.78, 5) is 0. The van der Waals surface area contributed by atoms with E-state index in [4.69, 9.17) is 0 Å². The molecule has 0 spiro atoms. The van der Waals surface area contributed by atoms with Crippen LogP contribution in [0, 0.1) is 0 Å². The van der Waals surface area contributed by atoms with Gasteiger partial charge in [0.25, 0.3) is 0 Å². The summed E-state index contributed by atoms with van der Waals surface area (Å²) >= 11 is 7.51. The van der Waals surface area contributed by atoms with Crippen molar-refractivity contribution in [3.8, 4) is 0 Å². The number of halogens is 2. The normalized spacial score (nSPS) is 11.4. The van der Waals surface area contributed by atoms with Crippen LogP contribution in [0.2, 0.25) is 0 Å². The number of hydrogen-bond donors (Lipinski definition) is 0. The van der Waals surface area contributed by atoms with Crippen LogP contribution in [0.5, 0.6) is 0 Å². The molecule has 2 rings (SSSR count). The molecular formula is C16H16Br2. The Morgan fingerprint density at radius 1 is 0.778 bits per heavy atom. The first-order valence-corrected chi connectivity index (χ1v) is 8.05. The van der Waals surface area contributed by atoms with E-state index in [1.165, 1.54) is 11.1 Å². The van der Waals surface area contributed by atoms with Crippen molar-refractivity contribution in [3.63, 3.8) is 0 Å². The van der Waals surface area contributed by atoms with Gasteiger partial charge in [-0.3, -0.25) is 0 Å². The largest absolute Gasteiger partial charge is 0.0928 e. The average molecular weight is 368 g/mol. The Balaban J connectivity index is 2.41. The van der Waals surface area contributed by atoms with Crippen molar-refractivity contribution in [3.05, 3.63) is 71.8 Å². The first-order chi connectivity index (χ1) is 8.77. The minimum absolute atomic E-state index is 0.0801. The molecule has 0 aliphatic heterocycles. The third-order valence-corrected chi connectivity index (χ3v) is 4.99. The maximum atomic E-state index is 3.98. The van der Waals surface area contributed by atoms with Gasteiger partial charge in [0, 0.05) is 5.33 Å². The number of benzene rings is 2. The summed E-state index contributed by atoms with van der Waals surface area (Å²) in [6.45, 7) is 0. The highest BCUT2D eigenvalue weighted by Gasteiger charge is 2.30. The summed E-state index contributed by atoms with van der Waals surface area (Å²) in [5.74, 6) is 0. The summed E-state index contributed by atoms with van der Waals surface area (Å²) in [6.07, 6.45) is 2.21. The molecule has 0 saturated carbocycles. The average Bonchev–Trinajstić information content (AvgIpc) is 2.46. The van der Waals surface area contributed by atoms with Crippen LogP contribution in [0.3, 0.4) is 0 Å². The molecule has 2 aromatic rings. The van der Waals surface area contributed by atoms with Gasteiger partial charge in [-0.1, -0.05) is 92.5 Å². The Morgan fingerprint density at radius 2 is 1.22 bits per heavy atom. The Labute approximate surface area is 126 Å². The first-order valence-electron chi connectivity index (χ1n) is 6.13. The monoisotopic (exact) mass is 366 g/mol. The molecular weight excluding hydrogens is 352 g/mol. The van der Waals surface area contributed by atoms with Crippen LogP contribution in [-0.2, 0) is 4.32 Å². The molecule has 0 bridgehead atoms. The van der Waals surface area contributed by atoms with Gasteiger partial charge in [-0.2, -0.15) is 0 Å². The van der Waals surface area contributed by atoms with Crippen LogP contribution in [0.15, 0.2) is 60.7 Å². The molecule has 0 atom stereocenters. The van der Waals surface area contributed by atoms with Crippen molar-refractivity contribution in [1.82, 2.24) is 0 Å². The SMILES string of the molecule is BrCCCC(Br)(c1ccccc1)c1ccccc1. The fraction of sp³-hybridized carbons (Fsp3) is 0.250. The minimum atomic E-state index is -0.0801. The predicted octanol–water partition coefficient (Wildman–Crippen LogP) is 5.50. The van der Waals surface area contributed by atoms with E-state index in [9.17, 15) is 0 Å². The van der Waals surface area contributed by atoms with Gasteiger partial charge in [0.2, 0.25) is 0 Å². The zero-order valence-corrected chi connectivity index (χ0v) is 13.3. The smallest absolute Gasteiger partial charge is 0.0754 e. The maximum absolute atomic E-state index is 3.98. The van der Waals surface area contributed by atoms with E-state index in [-0.39, 0.29) is 4.32 Å². The van der Waals surface area contributed by atoms with Crippen LogP contribution < -0.4 is 0 Å². The summed E-state index contributed by atoms with van der Waals surface area (Å²) in [5, 5.41) is 1.03. The van der Waals surface area contributed by atoms with Crippen LogP contribution in [0.1, 0.15) is 24.0 Å². The number of alkyl halides is 2. The van der Waals surface area contributed by atoms with Crippen molar-refractivity contribution in [1.29, 1.82) is 0 Å². The lowest BCUT2D eigenvalue weighted by Gasteiger charge is -2.28. The van der Waals surface area contributed by atoms with Gasteiger partial charge in [-0.05, 0) is 24.0 Å². The molecule has 2 aromatic carbocycles. The molecule has 0 saturated heterocycles. The Hall–Kier alpha value is -0.600. The topological polar surface area (TPSA) is 0 Å². The van der Waals surface area contributed by atoms with Crippen LogP contribution >= 0.6 is 31.9 Å². The molecule has 0 aliphatic carbocycles. The van der Waals surface area contributed by atoms with Crippen molar-refractivity contribution in [2.45, 2.75) is 17.2 Å². The van der Waals surface area contributed by atoms with E-state index in [1.54, 1.807) is 0 Å². The molecule has 0 aromatic heterocycles. The van der Waals surface area contributed by atoms with Crippen molar-refractivity contribution in [2.75, 3.05) is 5.33 Å². The van der Waals surface area contributed by atoms with E-state index in [0.717, 1.165) is 18.2 Å². The molecule has 2 heteroatoms.